The van der Waals surface area contributed by atoms with Crippen LogP contribution in [-0.4, -0.2) is 15.1 Å². The minimum atomic E-state index is 0.178. The van der Waals surface area contributed by atoms with Crippen LogP contribution < -0.4 is 4.74 Å². The van der Waals surface area contributed by atoms with Crippen molar-refractivity contribution in [1.29, 1.82) is 0 Å². The zero-order valence-corrected chi connectivity index (χ0v) is 10.1. The summed E-state index contributed by atoms with van der Waals surface area (Å²) in [5, 5.41) is 9.45. The Kier molecular flexibility index (Phi) is 2.95. The van der Waals surface area contributed by atoms with Gasteiger partial charge in [-0.05, 0) is 38.5 Å². The fourth-order valence-corrected chi connectivity index (χ4v) is 1.48. The second-order valence-electron chi connectivity index (χ2n) is 3.99. The number of aromatic hydroxyl groups is 1. The van der Waals surface area contributed by atoms with Crippen molar-refractivity contribution in [2.45, 2.75) is 20.8 Å². The van der Waals surface area contributed by atoms with Gasteiger partial charge in [0.25, 0.3) is 0 Å². The molecule has 2 aromatic rings. The second kappa shape index (κ2) is 4.41. The van der Waals surface area contributed by atoms with E-state index in [1.165, 1.54) is 0 Å². The first kappa shape index (κ1) is 11.4. The van der Waals surface area contributed by atoms with Crippen LogP contribution in [0.4, 0.5) is 0 Å². The van der Waals surface area contributed by atoms with Crippen LogP contribution in [0, 0.1) is 20.8 Å². The molecule has 0 aliphatic heterocycles. The van der Waals surface area contributed by atoms with Crippen LogP contribution >= 0.6 is 0 Å². The molecule has 1 aromatic heterocycles. The normalized spacial score (nSPS) is 10.3. The van der Waals surface area contributed by atoms with Crippen molar-refractivity contribution in [3.8, 4) is 17.4 Å². The number of aromatic nitrogens is 2. The standard InChI is InChI=1S/C13H14N2O2/c1-8-4-11(16)6-12(5-8)17-13-7-14-9(2)10(3)15-13/h4-7,16H,1-3H3. The van der Waals surface area contributed by atoms with Gasteiger partial charge in [-0.1, -0.05) is 0 Å². The molecule has 0 aliphatic carbocycles. The van der Waals surface area contributed by atoms with Crippen LogP contribution in [0.5, 0.6) is 17.4 Å². The SMILES string of the molecule is Cc1cc(O)cc(Oc2cnc(C)c(C)n2)c1. The van der Waals surface area contributed by atoms with Crippen LogP contribution in [0.1, 0.15) is 17.0 Å². The Morgan fingerprint density at radius 2 is 1.82 bits per heavy atom. The van der Waals surface area contributed by atoms with Gasteiger partial charge >= 0.3 is 0 Å². The van der Waals surface area contributed by atoms with E-state index in [1.807, 2.05) is 26.8 Å². The molecule has 0 fully saturated rings. The van der Waals surface area contributed by atoms with Crippen LogP contribution in [0.25, 0.3) is 0 Å². The molecule has 0 spiro atoms. The fraction of sp³-hybridized carbons (Fsp3) is 0.231. The van der Waals surface area contributed by atoms with Gasteiger partial charge in [0.1, 0.15) is 11.5 Å². The van der Waals surface area contributed by atoms with Crippen LogP contribution in [0.15, 0.2) is 24.4 Å². The first-order chi connectivity index (χ1) is 8.04. The minimum Gasteiger partial charge on any atom is -0.508 e. The lowest BCUT2D eigenvalue weighted by Gasteiger charge is -2.07. The van der Waals surface area contributed by atoms with Gasteiger partial charge in [0.15, 0.2) is 0 Å². The second-order valence-corrected chi connectivity index (χ2v) is 3.99. The van der Waals surface area contributed by atoms with Gasteiger partial charge < -0.3 is 9.84 Å². The number of phenolic OH excluding ortho intramolecular Hbond substituents is 1. The molecule has 0 unspecified atom stereocenters. The Labute approximate surface area is 99.9 Å². The number of rotatable bonds is 2. The maximum atomic E-state index is 9.45. The van der Waals surface area contributed by atoms with Gasteiger partial charge in [0.2, 0.25) is 5.88 Å². The van der Waals surface area contributed by atoms with Gasteiger partial charge in [-0.2, -0.15) is 0 Å². The zero-order chi connectivity index (χ0) is 12.4. The van der Waals surface area contributed by atoms with E-state index in [2.05, 4.69) is 9.97 Å². The third-order valence-electron chi connectivity index (χ3n) is 2.43. The third kappa shape index (κ3) is 2.72. The summed E-state index contributed by atoms with van der Waals surface area (Å²) in [6, 6.07) is 5.04. The van der Waals surface area contributed by atoms with Crippen molar-refractivity contribution in [3.63, 3.8) is 0 Å². The summed E-state index contributed by atoms with van der Waals surface area (Å²) in [6.07, 6.45) is 1.57. The highest BCUT2D eigenvalue weighted by Gasteiger charge is 2.04. The monoisotopic (exact) mass is 230 g/mol. The average Bonchev–Trinajstić information content (AvgIpc) is 2.22. The third-order valence-corrected chi connectivity index (χ3v) is 2.43. The molecule has 4 nitrogen and oxygen atoms in total. The smallest absolute Gasteiger partial charge is 0.238 e. The van der Waals surface area contributed by atoms with Gasteiger partial charge in [-0.15, -0.1) is 0 Å². The van der Waals surface area contributed by atoms with Gasteiger partial charge in [0.05, 0.1) is 17.6 Å². The quantitative estimate of drug-likeness (QED) is 0.861. The molecule has 1 heterocycles. The van der Waals surface area contributed by atoms with Gasteiger partial charge in [-0.25, -0.2) is 4.98 Å². The Bertz CT molecular complexity index is 533. The van der Waals surface area contributed by atoms with Gasteiger partial charge in [-0.3, -0.25) is 4.98 Å². The van der Waals surface area contributed by atoms with E-state index in [-0.39, 0.29) is 5.75 Å². The topological polar surface area (TPSA) is 55.2 Å². The Balaban J connectivity index is 2.28. The maximum absolute atomic E-state index is 9.45. The predicted molar refractivity (Wildman–Crippen MR) is 64.4 cm³/mol. The predicted octanol–water partition coefficient (Wildman–Crippen LogP) is 2.90. The van der Waals surface area contributed by atoms with E-state index in [0.29, 0.717) is 11.6 Å². The van der Waals surface area contributed by atoms with Crippen LogP contribution in [0.3, 0.4) is 0 Å². The minimum absolute atomic E-state index is 0.178. The van der Waals surface area contributed by atoms with E-state index in [4.69, 9.17) is 4.74 Å². The molecule has 2 rings (SSSR count). The average molecular weight is 230 g/mol. The molecular weight excluding hydrogens is 216 g/mol. The van der Waals surface area contributed by atoms with E-state index in [1.54, 1.807) is 18.3 Å². The molecule has 0 aliphatic rings. The summed E-state index contributed by atoms with van der Waals surface area (Å²) in [7, 11) is 0. The van der Waals surface area contributed by atoms with Crippen molar-refractivity contribution in [3.05, 3.63) is 41.3 Å². The first-order valence-electron chi connectivity index (χ1n) is 5.33. The molecule has 0 amide bonds. The Morgan fingerprint density at radius 3 is 2.47 bits per heavy atom. The molecular formula is C13H14N2O2. The van der Waals surface area contributed by atoms with E-state index in [0.717, 1.165) is 17.0 Å². The molecule has 88 valence electrons. The summed E-state index contributed by atoms with van der Waals surface area (Å²) in [5.74, 6) is 1.16. The van der Waals surface area contributed by atoms with Crippen molar-refractivity contribution in [2.24, 2.45) is 0 Å². The number of hydrogen-bond donors (Lipinski definition) is 1. The summed E-state index contributed by atoms with van der Waals surface area (Å²) < 4.78 is 5.54. The lowest BCUT2D eigenvalue weighted by atomic mass is 10.2. The summed E-state index contributed by atoms with van der Waals surface area (Å²) in [4.78, 5) is 8.43. The Hall–Kier alpha value is -2.10. The van der Waals surface area contributed by atoms with Crippen molar-refractivity contribution < 1.29 is 9.84 Å². The van der Waals surface area contributed by atoms with Crippen LogP contribution in [-0.2, 0) is 0 Å². The van der Waals surface area contributed by atoms with E-state index in [9.17, 15) is 5.11 Å². The molecule has 0 saturated carbocycles. The molecule has 0 saturated heterocycles. The van der Waals surface area contributed by atoms with E-state index < -0.39 is 0 Å². The fourth-order valence-electron chi connectivity index (χ4n) is 1.48. The highest BCUT2D eigenvalue weighted by molar-refractivity contribution is 5.38. The first-order valence-corrected chi connectivity index (χ1v) is 5.33. The molecule has 17 heavy (non-hydrogen) atoms. The molecule has 0 bridgehead atoms. The Morgan fingerprint density at radius 1 is 1.06 bits per heavy atom. The summed E-state index contributed by atoms with van der Waals surface area (Å²) >= 11 is 0. The zero-order valence-electron chi connectivity index (χ0n) is 10.1. The number of hydrogen-bond acceptors (Lipinski definition) is 4. The van der Waals surface area contributed by atoms with Crippen molar-refractivity contribution in [2.75, 3.05) is 0 Å². The highest BCUT2D eigenvalue weighted by Crippen LogP contribution is 2.25. The number of benzene rings is 1. The number of nitrogens with zero attached hydrogens (tertiary/aromatic N) is 2. The number of phenols is 1. The molecule has 0 radical (unpaired) electrons. The van der Waals surface area contributed by atoms with Crippen molar-refractivity contribution >= 4 is 0 Å². The lowest BCUT2D eigenvalue weighted by Crippen LogP contribution is -1.95. The number of aryl methyl sites for hydroxylation is 3. The maximum Gasteiger partial charge on any atom is 0.238 e. The summed E-state index contributed by atoms with van der Waals surface area (Å²) in [6.45, 7) is 5.66. The summed E-state index contributed by atoms with van der Waals surface area (Å²) in [5.41, 5.74) is 2.64. The molecule has 1 N–H and O–H groups in total. The highest BCUT2D eigenvalue weighted by atomic mass is 16.5. The van der Waals surface area contributed by atoms with Crippen LogP contribution in [0.2, 0.25) is 0 Å². The number of ether oxygens (including phenoxy) is 1. The van der Waals surface area contributed by atoms with Gasteiger partial charge in [0, 0.05) is 6.07 Å². The molecule has 0 atom stereocenters. The lowest BCUT2D eigenvalue weighted by molar-refractivity contribution is 0.442. The molecule has 4 heteroatoms. The van der Waals surface area contributed by atoms with E-state index >= 15 is 0 Å². The van der Waals surface area contributed by atoms with Crippen molar-refractivity contribution in [1.82, 2.24) is 9.97 Å². The largest absolute Gasteiger partial charge is 0.508 e. The molecule has 1 aromatic carbocycles.